The molecule has 7 nitrogen and oxygen atoms in total. The molecule has 2 aromatic heterocycles. The Morgan fingerprint density at radius 2 is 1.73 bits per heavy atom. The first kappa shape index (κ1) is 21.1. The summed E-state index contributed by atoms with van der Waals surface area (Å²) in [6.45, 7) is 4.98. The van der Waals surface area contributed by atoms with Crippen LogP contribution in [0.2, 0.25) is 0 Å². The third-order valence-electron chi connectivity index (χ3n) is 5.57. The number of likely N-dealkylation sites (tertiary alicyclic amines) is 1. The van der Waals surface area contributed by atoms with Gasteiger partial charge in [0.2, 0.25) is 0 Å². The number of halogens is 1. The van der Waals surface area contributed by atoms with Crippen molar-refractivity contribution in [2.45, 2.75) is 45.1 Å². The summed E-state index contributed by atoms with van der Waals surface area (Å²) in [5, 5.41) is 0. The van der Waals surface area contributed by atoms with Crippen LogP contribution >= 0.6 is 15.9 Å². The van der Waals surface area contributed by atoms with Crippen LogP contribution in [0.15, 0.2) is 35.1 Å². The van der Waals surface area contributed by atoms with Gasteiger partial charge in [-0.2, -0.15) is 9.97 Å². The highest BCUT2D eigenvalue weighted by Gasteiger charge is 2.16. The summed E-state index contributed by atoms with van der Waals surface area (Å²) in [6.07, 6.45) is 7.06. The van der Waals surface area contributed by atoms with E-state index in [1.165, 1.54) is 37.9 Å². The molecule has 0 spiro atoms. The number of rotatable bonds is 9. The zero-order valence-corrected chi connectivity index (χ0v) is 18.9. The van der Waals surface area contributed by atoms with Gasteiger partial charge < -0.3 is 19.9 Å². The molecule has 2 N–H and O–H groups in total. The largest absolute Gasteiger partial charge is 0.463 e. The molecule has 3 heterocycles. The van der Waals surface area contributed by atoms with E-state index in [1.807, 2.05) is 18.2 Å². The first-order valence-corrected chi connectivity index (χ1v) is 11.6. The van der Waals surface area contributed by atoms with Crippen molar-refractivity contribution in [2.24, 2.45) is 0 Å². The molecule has 4 rings (SSSR count). The van der Waals surface area contributed by atoms with Gasteiger partial charge in [-0.3, -0.25) is 0 Å². The van der Waals surface area contributed by atoms with Gasteiger partial charge in [-0.05, 0) is 66.8 Å². The Morgan fingerprint density at radius 1 is 0.967 bits per heavy atom. The SMILES string of the molecule is Nc1nc(OCCc2ccccc2)nc2c1nc(Br)n2CCCCN1CCCCC1. The smallest absolute Gasteiger partial charge is 0.320 e. The number of nitrogens with zero attached hydrogens (tertiary/aromatic N) is 5. The number of hydrogen-bond acceptors (Lipinski definition) is 6. The predicted molar refractivity (Wildman–Crippen MR) is 123 cm³/mol. The number of benzene rings is 1. The number of imidazole rings is 1. The molecule has 1 saturated heterocycles. The van der Waals surface area contributed by atoms with Crippen molar-refractivity contribution in [3.05, 3.63) is 40.6 Å². The van der Waals surface area contributed by atoms with E-state index >= 15 is 0 Å². The maximum Gasteiger partial charge on any atom is 0.320 e. The third-order valence-corrected chi connectivity index (χ3v) is 6.18. The topological polar surface area (TPSA) is 82.1 Å². The van der Waals surface area contributed by atoms with Crippen LogP contribution in [-0.4, -0.2) is 50.7 Å². The molecule has 0 radical (unpaired) electrons. The fourth-order valence-corrected chi connectivity index (χ4v) is 4.45. The summed E-state index contributed by atoms with van der Waals surface area (Å²) in [7, 11) is 0. The monoisotopic (exact) mass is 472 g/mol. The highest BCUT2D eigenvalue weighted by atomic mass is 79.9. The van der Waals surface area contributed by atoms with E-state index in [-0.39, 0.29) is 0 Å². The summed E-state index contributed by atoms with van der Waals surface area (Å²) in [5.41, 5.74) is 8.70. The number of nitrogens with two attached hydrogens (primary N) is 1. The second-order valence-electron chi connectivity index (χ2n) is 7.79. The minimum absolute atomic E-state index is 0.304. The van der Waals surface area contributed by atoms with Gasteiger partial charge in [0.05, 0.1) is 6.61 Å². The van der Waals surface area contributed by atoms with Gasteiger partial charge in [-0.25, -0.2) is 4.98 Å². The van der Waals surface area contributed by atoms with E-state index in [2.05, 4.69) is 52.5 Å². The van der Waals surface area contributed by atoms with Crippen LogP contribution in [0.1, 0.15) is 37.7 Å². The van der Waals surface area contributed by atoms with Crippen molar-refractivity contribution in [3.63, 3.8) is 0 Å². The van der Waals surface area contributed by atoms with Crippen molar-refractivity contribution < 1.29 is 4.74 Å². The highest BCUT2D eigenvalue weighted by molar-refractivity contribution is 9.10. The van der Waals surface area contributed by atoms with Gasteiger partial charge >= 0.3 is 6.01 Å². The van der Waals surface area contributed by atoms with E-state index < -0.39 is 0 Å². The minimum atomic E-state index is 0.304. The normalized spacial score (nSPS) is 15.0. The van der Waals surface area contributed by atoms with Crippen molar-refractivity contribution in [1.82, 2.24) is 24.4 Å². The lowest BCUT2D eigenvalue weighted by atomic mass is 10.1. The standard InChI is InChI=1S/C22H29BrN6O/c23-21-25-18-19(24)26-22(30-16-11-17-9-3-1-4-10-17)27-20(18)29(21)15-8-7-14-28-12-5-2-6-13-28/h1,3-4,9-10H,2,5-8,11-16H2,(H2,24,26,27). The van der Waals surface area contributed by atoms with E-state index in [0.29, 0.717) is 24.0 Å². The molecule has 0 saturated carbocycles. The Balaban J connectivity index is 1.38. The highest BCUT2D eigenvalue weighted by Crippen LogP contribution is 2.25. The van der Waals surface area contributed by atoms with Crippen LogP contribution in [0, 0.1) is 0 Å². The molecule has 0 unspecified atom stereocenters. The summed E-state index contributed by atoms with van der Waals surface area (Å²) in [4.78, 5) is 16.0. The summed E-state index contributed by atoms with van der Waals surface area (Å²) >= 11 is 3.56. The molecule has 0 amide bonds. The molecule has 1 aliphatic heterocycles. The first-order valence-electron chi connectivity index (χ1n) is 10.8. The molecule has 1 fully saturated rings. The molecule has 0 aliphatic carbocycles. The first-order chi connectivity index (χ1) is 14.7. The number of anilines is 1. The number of aryl methyl sites for hydroxylation is 1. The maximum absolute atomic E-state index is 6.14. The third kappa shape index (κ3) is 5.29. The van der Waals surface area contributed by atoms with E-state index in [1.54, 1.807) is 0 Å². The average Bonchev–Trinajstić information content (AvgIpc) is 3.09. The molecular formula is C22H29BrN6O. The van der Waals surface area contributed by atoms with Crippen LogP contribution < -0.4 is 10.5 Å². The summed E-state index contributed by atoms with van der Waals surface area (Å²) in [6, 6.07) is 10.5. The summed E-state index contributed by atoms with van der Waals surface area (Å²) in [5.74, 6) is 0.350. The maximum atomic E-state index is 6.14. The molecule has 30 heavy (non-hydrogen) atoms. The lowest BCUT2D eigenvalue weighted by Gasteiger charge is -2.26. The number of aromatic nitrogens is 4. The van der Waals surface area contributed by atoms with Crippen LogP contribution in [0.3, 0.4) is 0 Å². The van der Waals surface area contributed by atoms with Gasteiger partial charge in [0, 0.05) is 13.0 Å². The second kappa shape index (κ2) is 10.2. The van der Waals surface area contributed by atoms with Gasteiger partial charge in [0.15, 0.2) is 21.7 Å². The molecule has 1 aliphatic rings. The van der Waals surface area contributed by atoms with E-state index in [0.717, 1.165) is 42.7 Å². The van der Waals surface area contributed by atoms with Crippen molar-refractivity contribution in [2.75, 3.05) is 32.0 Å². The molecule has 0 atom stereocenters. The second-order valence-corrected chi connectivity index (χ2v) is 8.50. The molecule has 1 aromatic carbocycles. The van der Waals surface area contributed by atoms with Crippen LogP contribution in [0.25, 0.3) is 11.2 Å². The summed E-state index contributed by atoms with van der Waals surface area (Å²) < 4.78 is 8.60. The number of fused-ring (bicyclic) bond motifs is 1. The van der Waals surface area contributed by atoms with E-state index in [9.17, 15) is 0 Å². The van der Waals surface area contributed by atoms with Gasteiger partial charge in [-0.1, -0.05) is 36.8 Å². The number of piperidine rings is 1. The molecular weight excluding hydrogens is 444 g/mol. The van der Waals surface area contributed by atoms with Crippen molar-refractivity contribution in [3.8, 4) is 6.01 Å². The predicted octanol–water partition coefficient (Wildman–Crippen LogP) is 4.06. The van der Waals surface area contributed by atoms with Gasteiger partial charge in [-0.15, -0.1) is 0 Å². The van der Waals surface area contributed by atoms with Crippen molar-refractivity contribution in [1.29, 1.82) is 0 Å². The Hall–Kier alpha value is -2.19. The quantitative estimate of drug-likeness (QED) is 0.373. The number of ether oxygens (including phenoxy) is 1. The lowest BCUT2D eigenvalue weighted by Crippen LogP contribution is -2.30. The number of unbranched alkanes of at least 4 members (excludes halogenated alkanes) is 1. The van der Waals surface area contributed by atoms with Crippen LogP contribution in [0.5, 0.6) is 6.01 Å². The fourth-order valence-electron chi connectivity index (χ4n) is 3.93. The van der Waals surface area contributed by atoms with Crippen molar-refractivity contribution >= 4 is 32.9 Å². The molecule has 0 bridgehead atoms. The Kier molecular flexibility index (Phi) is 7.17. The molecule has 8 heteroatoms. The lowest BCUT2D eigenvalue weighted by molar-refractivity contribution is 0.223. The average molecular weight is 473 g/mol. The Bertz CT molecular complexity index is 955. The minimum Gasteiger partial charge on any atom is -0.463 e. The number of hydrogen-bond donors (Lipinski definition) is 1. The van der Waals surface area contributed by atoms with Crippen LogP contribution in [0.4, 0.5) is 5.82 Å². The van der Waals surface area contributed by atoms with Gasteiger partial charge in [0.25, 0.3) is 0 Å². The zero-order valence-electron chi connectivity index (χ0n) is 17.3. The zero-order chi connectivity index (χ0) is 20.8. The Labute approximate surface area is 185 Å². The Morgan fingerprint density at radius 3 is 2.53 bits per heavy atom. The van der Waals surface area contributed by atoms with E-state index in [4.69, 9.17) is 10.5 Å². The van der Waals surface area contributed by atoms with Crippen LogP contribution in [-0.2, 0) is 13.0 Å². The fraction of sp³-hybridized carbons (Fsp3) is 0.500. The molecule has 3 aromatic rings. The molecule has 160 valence electrons. The van der Waals surface area contributed by atoms with Gasteiger partial charge in [0.1, 0.15) is 0 Å². The number of nitrogen functional groups attached to an aromatic ring is 1.